The average Bonchev–Trinajstić information content (AvgIpc) is 2.49. The number of hydrogen-bond acceptors (Lipinski definition) is 4. The van der Waals surface area contributed by atoms with Crippen LogP contribution in [0.2, 0.25) is 0 Å². The van der Waals surface area contributed by atoms with Gasteiger partial charge in [0.05, 0.1) is 0 Å². The standard InChI is InChI=1S/C20H26O4/c1-10(2)11-8-12(21)16-15(17(11)22)13-9-14-19(3,4)6-5-7-20(14,16)18(23)24-13/h8,10,13-14,21-22H,5-7,9H2,1-4H3/t13-,14+,20+/m0/s1. The van der Waals surface area contributed by atoms with Crippen LogP contribution in [0.3, 0.4) is 0 Å². The van der Waals surface area contributed by atoms with Crippen LogP contribution in [0.25, 0.3) is 0 Å². The van der Waals surface area contributed by atoms with Crippen molar-refractivity contribution in [1.82, 2.24) is 0 Å². The molecule has 4 heteroatoms. The molecule has 1 aromatic rings. The first-order valence-electron chi connectivity index (χ1n) is 9.00. The summed E-state index contributed by atoms with van der Waals surface area (Å²) in [5, 5.41) is 21.7. The van der Waals surface area contributed by atoms with Crippen LogP contribution in [0.5, 0.6) is 11.5 Å². The highest BCUT2D eigenvalue weighted by atomic mass is 16.5. The molecule has 1 spiro atoms. The van der Waals surface area contributed by atoms with Crippen LogP contribution in [0.4, 0.5) is 0 Å². The van der Waals surface area contributed by atoms with Gasteiger partial charge in [0.1, 0.15) is 23.0 Å². The van der Waals surface area contributed by atoms with Gasteiger partial charge in [-0.1, -0.05) is 34.1 Å². The molecule has 3 atom stereocenters. The Morgan fingerprint density at radius 3 is 2.62 bits per heavy atom. The Labute approximate surface area is 142 Å². The highest BCUT2D eigenvalue weighted by molar-refractivity contribution is 5.90. The van der Waals surface area contributed by atoms with Gasteiger partial charge in [0.15, 0.2) is 0 Å². The summed E-state index contributed by atoms with van der Waals surface area (Å²) in [6, 6.07) is 1.65. The van der Waals surface area contributed by atoms with Crippen molar-refractivity contribution in [3.05, 3.63) is 22.8 Å². The van der Waals surface area contributed by atoms with Crippen molar-refractivity contribution in [3.63, 3.8) is 0 Å². The summed E-state index contributed by atoms with van der Waals surface area (Å²) in [7, 11) is 0. The Morgan fingerprint density at radius 2 is 1.96 bits per heavy atom. The fourth-order valence-electron chi connectivity index (χ4n) is 5.60. The molecular weight excluding hydrogens is 304 g/mol. The minimum absolute atomic E-state index is 0.0202. The van der Waals surface area contributed by atoms with Gasteiger partial charge < -0.3 is 14.9 Å². The molecule has 4 nitrogen and oxygen atoms in total. The zero-order valence-electron chi connectivity index (χ0n) is 14.8. The zero-order valence-corrected chi connectivity index (χ0v) is 14.8. The van der Waals surface area contributed by atoms with Crippen LogP contribution in [0.1, 0.15) is 82.1 Å². The third-order valence-corrected chi connectivity index (χ3v) is 6.73. The number of phenolic OH excluding ortho intramolecular Hbond substituents is 2. The lowest BCUT2D eigenvalue weighted by atomic mass is 9.47. The zero-order chi connectivity index (χ0) is 17.4. The topological polar surface area (TPSA) is 66.8 Å². The number of hydrogen-bond donors (Lipinski definition) is 2. The molecule has 0 unspecified atom stereocenters. The van der Waals surface area contributed by atoms with Crippen molar-refractivity contribution < 1.29 is 19.7 Å². The lowest BCUT2D eigenvalue weighted by Crippen LogP contribution is -2.59. The number of carbonyl (C=O) groups is 1. The van der Waals surface area contributed by atoms with Crippen LogP contribution in [0.15, 0.2) is 6.07 Å². The molecule has 0 aromatic heterocycles. The quantitative estimate of drug-likeness (QED) is 0.595. The van der Waals surface area contributed by atoms with E-state index in [9.17, 15) is 15.0 Å². The maximum Gasteiger partial charge on any atom is 0.317 e. The Morgan fingerprint density at radius 1 is 1.25 bits per heavy atom. The van der Waals surface area contributed by atoms with Crippen molar-refractivity contribution in [2.45, 2.75) is 70.8 Å². The Bertz CT molecular complexity index is 734. The molecule has 130 valence electrons. The van der Waals surface area contributed by atoms with E-state index in [2.05, 4.69) is 13.8 Å². The van der Waals surface area contributed by atoms with E-state index in [1.165, 1.54) is 0 Å². The number of fused-ring (bicyclic) bond motifs is 1. The number of esters is 1. The molecule has 2 heterocycles. The summed E-state index contributed by atoms with van der Waals surface area (Å²) >= 11 is 0. The van der Waals surface area contributed by atoms with E-state index in [4.69, 9.17) is 4.74 Å². The number of aromatic hydroxyl groups is 2. The second-order valence-electron chi connectivity index (χ2n) is 8.77. The summed E-state index contributed by atoms with van der Waals surface area (Å²) < 4.78 is 5.73. The van der Waals surface area contributed by atoms with Gasteiger partial charge >= 0.3 is 5.97 Å². The largest absolute Gasteiger partial charge is 0.508 e. The van der Waals surface area contributed by atoms with Crippen molar-refractivity contribution in [2.75, 3.05) is 0 Å². The minimum Gasteiger partial charge on any atom is -0.508 e. The van der Waals surface area contributed by atoms with Gasteiger partial charge in [-0.15, -0.1) is 0 Å². The maximum atomic E-state index is 12.9. The van der Waals surface area contributed by atoms with E-state index < -0.39 is 11.5 Å². The third-order valence-electron chi connectivity index (χ3n) is 6.73. The molecule has 4 aliphatic rings. The smallest absolute Gasteiger partial charge is 0.317 e. The van der Waals surface area contributed by atoms with Crippen molar-refractivity contribution >= 4 is 5.97 Å². The van der Waals surface area contributed by atoms with E-state index in [0.717, 1.165) is 24.8 Å². The van der Waals surface area contributed by atoms with E-state index in [1.807, 2.05) is 13.8 Å². The molecule has 0 amide bonds. The highest BCUT2D eigenvalue weighted by Crippen LogP contribution is 2.66. The number of carbonyl (C=O) groups excluding carboxylic acids is 1. The van der Waals surface area contributed by atoms with E-state index >= 15 is 0 Å². The number of phenols is 2. The Hall–Kier alpha value is -1.71. The fraction of sp³-hybridized carbons (Fsp3) is 0.650. The molecule has 2 aliphatic heterocycles. The van der Waals surface area contributed by atoms with Gasteiger partial charge in [0, 0.05) is 16.7 Å². The molecule has 24 heavy (non-hydrogen) atoms. The normalized spacial score (nSPS) is 33.1. The monoisotopic (exact) mass is 330 g/mol. The van der Waals surface area contributed by atoms with E-state index in [0.29, 0.717) is 17.5 Å². The molecular formula is C20H26O4. The summed E-state index contributed by atoms with van der Waals surface area (Å²) in [6.07, 6.45) is 2.98. The number of rotatable bonds is 1. The fourth-order valence-corrected chi connectivity index (χ4v) is 5.60. The minimum atomic E-state index is -0.803. The Kier molecular flexibility index (Phi) is 3.08. The van der Waals surface area contributed by atoms with Gasteiger partial charge in [-0.2, -0.15) is 0 Å². The average molecular weight is 330 g/mol. The predicted octanol–water partition coefficient (Wildman–Crippen LogP) is 4.29. The summed E-state index contributed by atoms with van der Waals surface area (Å²) in [5.41, 5.74) is 1.25. The van der Waals surface area contributed by atoms with Crippen molar-refractivity contribution in [2.24, 2.45) is 11.3 Å². The summed E-state index contributed by atoms with van der Waals surface area (Å²) in [5.74, 6) is 0.379. The van der Waals surface area contributed by atoms with Crippen molar-refractivity contribution in [1.29, 1.82) is 0 Å². The molecule has 2 aliphatic carbocycles. The van der Waals surface area contributed by atoms with Gasteiger partial charge in [-0.25, -0.2) is 0 Å². The Balaban J connectivity index is 2.03. The molecule has 2 N–H and O–H groups in total. The van der Waals surface area contributed by atoms with E-state index in [-0.39, 0.29) is 34.7 Å². The number of ether oxygens (including phenoxy) is 1. The number of benzene rings is 1. The first-order chi connectivity index (χ1) is 11.2. The van der Waals surface area contributed by atoms with Crippen LogP contribution < -0.4 is 0 Å². The predicted molar refractivity (Wildman–Crippen MR) is 90.1 cm³/mol. The van der Waals surface area contributed by atoms with Gasteiger partial charge in [0.2, 0.25) is 0 Å². The maximum absolute atomic E-state index is 12.9. The molecule has 0 radical (unpaired) electrons. The first-order valence-corrected chi connectivity index (χ1v) is 9.00. The third kappa shape index (κ3) is 1.72. The van der Waals surface area contributed by atoms with Gasteiger partial charge in [0.25, 0.3) is 0 Å². The molecule has 1 saturated carbocycles. The summed E-state index contributed by atoms with van der Waals surface area (Å²) in [6.45, 7) is 8.40. The highest BCUT2D eigenvalue weighted by Gasteiger charge is 2.65. The van der Waals surface area contributed by atoms with Crippen LogP contribution in [-0.2, 0) is 14.9 Å². The van der Waals surface area contributed by atoms with Crippen molar-refractivity contribution in [3.8, 4) is 11.5 Å². The van der Waals surface area contributed by atoms with Gasteiger partial charge in [-0.05, 0) is 42.6 Å². The van der Waals surface area contributed by atoms with Crippen LogP contribution >= 0.6 is 0 Å². The van der Waals surface area contributed by atoms with Crippen LogP contribution in [0, 0.1) is 11.3 Å². The lowest BCUT2D eigenvalue weighted by molar-refractivity contribution is -0.185. The molecule has 1 saturated heterocycles. The van der Waals surface area contributed by atoms with Gasteiger partial charge in [-0.3, -0.25) is 4.79 Å². The van der Waals surface area contributed by atoms with Crippen LogP contribution in [-0.4, -0.2) is 16.2 Å². The molecule has 2 bridgehead atoms. The second-order valence-corrected chi connectivity index (χ2v) is 8.77. The molecule has 2 fully saturated rings. The SMILES string of the molecule is CC(C)c1cc(O)c2c(c1O)[C@@H]1C[C@@H]3C(C)(C)CCC[C@]23C(=O)O1. The van der Waals surface area contributed by atoms with E-state index in [1.54, 1.807) is 6.07 Å². The molecule has 5 rings (SSSR count). The first kappa shape index (κ1) is 15.8. The second kappa shape index (κ2) is 4.68. The summed E-state index contributed by atoms with van der Waals surface area (Å²) in [4.78, 5) is 12.9. The lowest BCUT2D eigenvalue weighted by Gasteiger charge is -2.58. The molecule has 1 aromatic carbocycles.